The quantitative estimate of drug-likeness (QED) is 0.727. The molecule has 2 aromatic heterocycles. The molecule has 0 aliphatic carbocycles. The minimum atomic E-state index is -0.520. The van der Waals surface area contributed by atoms with Gasteiger partial charge in [0.05, 0.1) is 24.6 Å². The average Bonchev–Trinajstić information content (AvgIpc) is 3.13. The lowest BCUT2D eigenvalue weighted by Gasteiger charge is -2.24. The number of carbonyl (C=O) groups is 2. The first kappa shape index (κ1) is 16.7. The Bertz CT molecular complexity index is 889. The lowest BCUT2D eigenvalue weighted by Crippen LogP contribution is -2.36. The highest BCUT2D eigenvalue weighted by atomic mass is 16.5. The fourth-order valence-electron chi connectivity index (χ4n) is 2.76. The molecule has 0 spiro atoms. The van der Waals surface area contributed by atoms with Gasteiger partial charge in [0.2, 0.25) is 0 Å². The maximum atomic E-state index is 12.7. The average molecular weight is 337 g/mol. The van der Waals surface area contributed by atoms with E-state index >= 15 is 0 Å². The fraction of sp³-hybridized carbons (Fsp3) is 0.211. The van der Waals surface area contributed by atoms with Gasteiger partial charge in [-0.25, -0.2) is 4.98 Å². The topological polar surface area (TPSA) is 72.7 Å². The van der Waals surface area contributed by atoms with Crippen molar-refractivity contribution in [3.05, 3.63) is 72.2 Å². The van der Waals surface area contributed by atoms with E-state index in [1.807, 2.05) is 30.3 Å². The summed E-state index contributed by atoms with van der Waals surface area (Å²) in [6.45, 7) is 1.74. The van der Waals surface area contributed by atoms with Crippen LogP contribution in [0.15, 0.2) is 61.1 Å². The lowest BCUT2D eigenvalue weighted by atomic mass is 9.94. The summed E-state index contributed by atoms with van der Waals surface area (Å²) < 4.78 is 6.62. The van der Waals surface area contributed by atoms with Gasteiger partial charge < -0.3 is 14.5 Å². The van der Waals surface area contributed by atoms with Crippen molar-refractivity contribution in [2.45, 2.75) is 13.0 Å². The number of amides is 1. The molecule has 6 nitrogen and oxygen atoms in total. The zero-order chi connectivity index (χ0) is 17.8. The van der Waals surface area contributed by atoms with Crippen LogP contribution in [0, 0.1) is 5.92 Å². The molecule has 1 N–H and O–H groups in total. The number of esters is 1. The van der Waals surface area contributed by atoms with Crippen LogP contribution in [-0.2, 0) is 9.53 Å². The fourth-order valence-corrected chi connectivity index (χ4v) is 2.76. The minimum Gasteiger partial charge on any atom is -0.469 e. The summed E-state index contributed by atoms with van der Waals surface area (Å²) in [6.07, 6.45) is 5.16. The molecule has 0 fully saturated rings. The number of pyridine rings is 1. The van der Waals surface area contributed by atoms with E-state index in [-0.39, 0.29) is 11.9 Å². The van der Waals surface area contributed by atoms with Crippen molar-refractivity contribution in [3.8, 4) is 0 Å². The van der Waals surface area contributed by atoms with Crippen molar-refractivity contribution in [3.63, 3.8) is 0 Å². The van der Waals surface area contributed by atoms with E-state index < -0.39 is 12.0 Å². The van der Waals surface area contributed by atoms with Gasteiger partial charge in [0.15, 0.2) is 0 Å². The van der Waals surface area contributed by atoms with Gasteiger partial charge in [-0.2, -0.15) is 0 Å². The van der Waals surface area contributed by atoms with Crippen LogP contribution < -0.4 is 5.32 Å². The monoisotopic (exact) mass is 337 g/mol. The molecule has 0 aliphatic heterocycles. The van der Waals surface area contributed by atoms with Crippen LogP contribution in [0.4, 0.5) is 0 Å². The molecule has 0 radical (unpaired) electrons. The van der Waals surface area contributed by atoms with Crippen molar-refractivity contribution in [2.75, 3.05) is 7.11 Å². The Morgan fingerprint density at radius 2 is 1.92 bits per heavy atom. The summed E-state index contributed by atoms with van der Waals surface area (Å²) in [6, 6.07) is 12.4. The highest BCUT2D eigenvalue weighted by Crippen LogP contribution is 2.23. The van der Waals surface area contributed by atoms with E-state index in [0.717, 1.165) is 11.2 Å². The molecule has 0 saturated carbocycles. The Kier molecular flexibility index (Phi) is 4.79. The molecule has 3 aromatic rings. The zero-order valence-electron chi connectivity index (χ0n) is 14.0. The number of imidazole rings is 1. The molecule has 25 heavy (non-hydrogen) atoms. The Labute approximate surface area is 145 Å². The molecule has 128 valence electrons. The number of carbonyl (C=O) groups excluding carboxylic acids is 2. The number of ether oxygens (including phenoxy) is 1. The number of nitrogens with one attached hydrogen (secondary N) is 1. The van der Waals surface area contributed by atoms with Crippen molar-refractivity contribution >= 4 is 17.5 Å². The van der Waals surface area contributed by atoms with Gasteiger partial charge in [-0.15, -0.1) is 0 Å². The first-order valence-corrected chi connectivity index (χ1v) is 7.96. The summed E-state index contributed by atoms with van der Waals surface area (Å²) in [5, 5.41) is 2.95. The van der Waals surface area contributed by atoms with Gasteiger partial charge in [-0.1, -0.05) is 30.3 Å². The first-order valence-electron chi connectivity index (χ1n) is 7.96. The molecule has 6 heteroatoms. The molecule has 3 rings (SSSR count). The normalized spacial score (nSPS) is 13.2. The zero-order valence-corrected chi connectivity index (χ0v) is 14.0. The number of hydrogen-bond donors (Lipinski definition) is 1. The van der Waals surface area contributed by atoms with E-state index in [1.54, 1.807) is 42.0 Å². The molecule has 0 bridgehead atoms. The van der Waals surface area contributed by atoms with Crippen LogP contribution in [0.5, 0.6) is 0 Å². The van der Waals surface area contributed by atoms with Crippen LogP contribution in [0.3, 0.4) is 0 Å². The Morgan fingerprint density at radius 3 is 2.64 bits per heavy atom. The summed E-state index contributed by atoms with van der Waals surface area (Å²) in [5.74, 6) is -1.16. The van der Waals surface area contributed by atoms with Gasteiger partial charge in [-0.05, 0) is 24.6 Å². The highest BCUT2D eigenvalue weighted by Gasteiger charge is 2.28. The number of hydrogen-bond acceptors (Lipinski definition) is 4. The van der Waals surface area contributed by atoms with Gasteiger partial charge >= 0.3 is 5.97 Å². The summed E-state index contributed by atoms with van der Waals surface area (Å²) >= 11 is 0. The van der Waals surface area contributed by atoms with Crippen molar-refractivity contribution in [1.29, 1.82) is 0 Å². The molecule has 1 amide bonds. The smallest absolute Gasteiger partial charge is 0.310 e. The van der Waals surface area contributed by atoms with Gasteiger partial charge in [-0.3, -0.25) is 9.59 Å². The van der Waals surface area contributed by atoms with Crippen molar-refractivity contribution < 1.29 is 14.3 Å². The van der Waals surface area contributed by atoms with E-state index in [1.165, 1.54) is 7.11 Å². The number of methoxy groups -OCH3 is 1. The first-order chi connectivity index (χ1) is 12.1. The van der Waals surface area contributed by atoms with Crippen LogP contribution in [-0.4, -0.2) is 28.4 Å². The van der Waals surface area contributed by atoms with E-state index in [4.69, 9.17) is 4.74 Å². The molecular weight excluding hydrogens is 318 g/mol. The van der Waals surface area contributed by atoms with Crippen LogP contribution in [0.2, 0.25) is 0 Å². The van der Waals surface area contributed by atoms with E-state index in [2.05, 4.69) is 10.3 Å². The molecule has 0 saturated heterocycles. The second-order valence-electron chi connectivity index (χ2n) is 5.78. The van der Waals surface area contributed by atoms with E-state index in [9.17, 15) is 9.59 Å². The predicted octanol–water partition coefficient (Wildman–Crippen LogP) is 2.61. The third-order valence-corrected chi connectivity index (χ3v) is 4.17. The lowest BCUT2D eigenvalue weighted by molar-refractivity contribution is -0.145. The van der Waals surface area contributed by atoms with Gasteiger partial charge in [0, 0.05) is 18.6 Å². The Hall–Kier alpha value is -3.15. The Balaban J connectivity index is 1.88. The third-order valence-electron chi connectivity index (χ3n) is 4.17. The maximum Gasteiger partial charge on any atom is 0.310 e. The predicted molar refractivity (Wildman–Crippen MR) is 93.0 cm³/mol. The Morgan fingerprint density at radius 1 is 1.16 bits per heavy atom. The number of nitrogens with zero attached hydrogens (tertiary/aromatic N) is 2. The molecule has 2 heterocycles. The SMILES string of the molecule is COC(=O)[C@@H](C)[C@H](NC(=O)c1ccc2nccn2c1)c1ccccc1. The van der Waals surface area contributed by atoms with Crippen molar-refractivity contribution in [2.24, 2.45) is 5.92 Å². The number of aromatic nitrogens is 2. The highest BCUT2D eigenvalue weighted by molar-refractivity contribution is 5.94. The van der Waals surface area contributed by atoms with E-state index in [0.29, 0.717) is 5.56 Å². The summed E-state index contributed by atoms with van der Waals surface area (Å²) in [5.41, 5.74) is 2.10. The minimum absolute atomic E-state index is 0.264. The third kappa shape index (κ3) is 3.52. The van der Waals surface area contributed by atoms with Gasteiger partial charge in [0.1, 0.15) is 5.65 Å². The van der Waals surface area contributed by atoms with Gasteiger partial charge in [0.25, 0.3) is 5.91 Å². The van der Waals surface area contributed by atoms with Crippen LogP contribution >= 0.6 is 0 Å². The summed E-state index contributed by atoms with van der Waals surface area (Å²) in [4.78, 5) is 28.9. The molecule has 0 aliphatic rings. The van der Waals surface area contributed by atoms with Crippen LogP contribution in [0.1, 0.15) is 28.9 Å². The summed E-state index contributed by atoms with van der Waals surface area (Å²) in [7, 11) is 1.34. The molecular formula is C19H19N3O3. The number of fused-ring (bicyclic) bond motifs is 1. The molecule has 1 aromatic carbocycles. The number of benzene rings is 1. The second kappa shape index (κ2) is 7.17. The number of rotatable bonds is 5. The van der Waals surface area contributed by atoms with Crippen molar-refractivity contribution in [1.82, 2.24) is 14.7 Å². The molecule has 2 atom stereocenters. The molecule has 0 unspecified atom stereocenters. The second-order valence-corrected chi connectivity index (χ2v) is 5.78. The maximum absolute atomic E-state index is 12.7. The standard InChI is InChI=1S/C19H19N3O3/c1-13(19(24)25-2)17(14-6-4-3-5-7-14)21-18(23)15-8-9-16-20-10-11-22(16)12-15/h3-13,17H,1-2H3,(H,21,23)/t13-,17-/m0/s1. The largest absolute Gasteiger partial charge is 0.469 e. The van der Waals surface area contributed by atoms with Crippen LogP contribution in [0.25, 0.3) is 5.65 Å².